The van der Waals surface area contributed by atoms with Gasteiger partial charge in [-0.3, -0.25) is 4.55 Å². The summed E-state index contributed by atoms with van der Waals surface area (Å²) in [7, 11) is -0.963. The summed E-state index contributed by atoms with van der Waals surface area (Å²) in [6.45, 7) is 0. The zero-order valence-electron chi connectivity index (χ0n) is 20.5. The molecular formula is C28H24N2O7S. The first-order chi connectivity index (χ1) is 18.2. The van der Waals surface area contributed by atoms with Gasteiger partial charge in [0, 0.05) is 5.39 Å². The third kappa shape index (κ3) is 5.83. The minimum Gasteiger partial charge on any atom is -0.493 e. The van der Waals surface area contributed by atoms with E-state index in [4.69, 9.17) is 14.0 Å². The zero-order valence-corrected chi connectivity index (χ0v) is 21.3. The Bertz CT molecular complexity index is 1750. The molecule has 0 fully saturated rings. The number of aromatic carboxylic acids is 1. The second kappa shape index (κ2) is 11.2. The highest BCUT2D eigenvalue weighted by Gasteiger charge is 2.13. The van der Waals surface area contributed by atoms with Crippen LogP contribution in [0.15, 0.2) is 83.8 Å². The van der Waals surface area contributed by atoms with E-state index in [1.54, 1.807) is 62.8 Å². The van der Waals surface area contributed by atoms with Crippen molar-refractivity contribution < 1.29 is 32.3 Å². The molecule has 0 aliphatic carbocycles. The van der Waals surface area contributed by atoms with Gasteiger partial charge < -0.3 is 19.6 Å². The van der Waals surface area contributed by atoms with E-state index in [9.17, 15) is 18.3 Å². The minimum absolute atomic E-state index is 0.0457. The number of ether oxygens (including phenoxy) is 2. The van der Waals surface area contributed by atoms with Crippen LogP contribution in [-0.4, -0.2) is 48.2 Å². The van der Waals surface area contributed by atoms with Crippen molar-refractivity contribution in [2.45, 2.75) is 4.90 Å². The van der Waals surface area contributed by atoms with E-state index in [-0.39, 0.29) is 10.5 Å². The molecule has 0 saturated heterocycles. The van der Waals surface area contributed by atoms with E-state index in [0.717, 1.165) is 10.9 Å². The van der Waals surface area contributed by atoms with Crippen LogP contribution in [0.1, 0.15) is 21.7 Å². The van der Waals surface area contributed by atoms with Crippen LogP contribution >= 0.6 is 0 Å². The lowest BCUT2D eigenvalue weighted by atomic mass is 10.1. The van der Waals surface area contributed by atoms with E-state index in [0.29, 0.717) is 33.7 Å². The van der Waals surface area contributed by atoms with Crippen molar-refractivity contribution in [1.29, 1.82) is 0 Å². The van der Waals surface area contributed by atoms with Gasteiger partial charge in [-0.15, -0.1) is 0 Å². The number of carboxylic acids is 1. The van der Waals surface area contributed by atoms with Crippen LogP contribution in [0.2, 0.25) is 0 Å². The maximum absolute atomic E-state index is 11.2. The lowest BCUT2D eigenvalue weighted by molar-refractivity contribution is 0.0698. The topological polar surface area (TPSA) is 139 Å². The SMILES string of the molecule is COc1ccc(/C=C/c2nc3c(C(=O)O)cccc3[nH]2)cc1OC.O=S(=O)(O)c1cccc2ccccc12. The molecular weight excluding hydrogens is 508 g/mol. The molecule has 1 heterocycles. The van der Waals surface area contributed by atoms with Crippen LogP contribution in [0.4, 0.5) is 0 Å². The molecule has 5 rings (SSSR count). The molecule has 0 spiro atoms. The Morgan fingerprint density at radius 2 is 1.61 bits per heavy atom. The van der Waals surface area contributed by atoms with E-state index in [2.05, 4.69) is 9.97 Å². The number of fused-ring (bicyclic) bond motifs is 2. The van der Waals surface area contributed by atoms with Crippen molar-refractivity contribution >= 4 is 50.0 Å². The van der Waals surface area contributed by atoms with Crippen molar-refractivity contribution in [1.82, 2.24) is 9.97 Å². The van der Waals surface area contributed by atoms with Gasteiger partial charge in [-0.1, -0.05) is 54.6 Å². The number of aromatic nitrogens is 2. The molecule has 0 bridgehead atoms. The number of nitrogens with zero attached hydrogens (tertiary/aromatic N) is 1. The summed E-state index contributed by atoms with van der Waals surface area (Å²) in [6.07, 6.45) is 3.65. The quantitative estimate of drug-likeness (QED) is 0.243. The number of aromatic amines is 1. The standard InChI is InChI=1S/C18H16N2O4.C10H8O3S/c1-23-14-8-6-11(10-15(14)24-2)7-9-16-19-13-5-3-4-12(18(21)22)17(13)20-16;11-14(12,13)10-7-3-5-8-4-1-2-6-9(8)10/h3-10H,1-2H3,(H,19,20)(H,21,22);1-7H,(H,11,12,13)/b9-7+;. The first-order valence-corrected chi connectivity index (χ1v) is 12.7. The lowest BCUT2D eigenvalue weighted by Crippen LogP contribution is -1.98. The second-order valence-corrected chi connectivity index (χ2v) is 9.42. The molecule has 0 atom stereocenters. The molecule has 0 radical (unpaired) electrons. The van der Waals surface area contributed by atoms with Gasteiger partial charge in [0.2, 0.25) is 0 Å². The summed E-state index contributed by atoms with van der Waals surface area (Å²) in [6, 6.07) is 22.4. The number of rotatable bonds is 6. The molecule has 0 aliphatic heterocycles. The fourth-order valence-electron chi connectivity index (χ4n) is 3.85. The predicted octanol–water partition coefficient (Wildman–Crippen LogP) is 5.54. The summed E-state index contributed by atoms with van der Waals surface area (Å²) >= 11 is 0. The monoisotopic (exact) mass is 532 g/mol. The molecule has 0 saturated carbocycles. The van der Waals surface area contributed by atoms with E-state index in [1.807, 2.05) is 30.3 Å². The molecule has 38 heavy (non-hydrogen) atoms. The van der Waals surface area contributed by atoms with Crippen molar-refractivity contribution in [2.75, 3.05) is 14.2 Å². The third-order valence-electron chi connectivity index (χ3n) is 5.63. The lowest BCUT2D eigenvalue weighted by Gasteiger charge is -2.07. The molecule has 4 aromatic carbocycles. The highest BCUT2D eigenvalue weighted by molar-refractivity contribution is 7.86. The van der Waals surface area contributed by atoms with Gasteiger partial charge in [0.1, 0.15) is 16.2 Å². The fourth-order valence-corrected chi connectivity index (χ4v) is 4.57. The molecule has 9 nitrogen and oxygen atoms in total. The fraction of sp³-hybridized carbons (Fsp3) is 0.0714. The van der Waals surface area contributed by atoms with Gasteiger partial charge in [-0.05, 0) is 47.4 Å². The highest BCUT2D eigenvalue weighted by Crippen LogP contribution is 2.28. The molecule has 0 amide bonds. The summed E-state index contributed by atoms with van der Waals surface area (Å²) < 4.78 is 41.4. The summed E-state index contributed by atoms with van der Waals surface area (Å²) in [5.74, 6) is 0.873. The van der Waals surface area contributed by atoms with Crippen molar-refractivity contribution in [3.05, 3.63) is 95.8 Å². The Labute approximate surface area is 218 Å². The highest BCUT2D eigenvalue weighted by atomic mass is 32.2. The molecule has 5 aromatic rings. The van der Waals surface area contributed by atoms with E-state index < -0.39 is 16.1 Å². The average Bonchev–Trinajstić information content (AvgIpc) is 3.34. The molecule has 10 heteroatoms. The van der Waals surface area contributed by atoms with Crippen LogP contribution in [0.5, 0.6) is 11.5 Å². The number of benzene rings is 4. The van der Waals surface area contributed by atoms with Gasteiger partial charge in [0.25, 0.3) is 10.1 Å². The van der Waals surface area contributed by atoms with Crippen LogP contribution in [0.3, 0.4) is 0 Å². The number of carbonyl (C=O) groups is 1. The summed E-state index contributed by atoms with van der Waals surface area (Å²) in [4.78, 5) is 18.6. The van der Waals surface area contributed by atoms with Crippen molar-refractivity contribution in [3.63, 3.8) is 0 Å². The molecule has 3 N–H and O–H groups in total. The maximum atomic E-state index is 11.2. The number of H-pyrrole nitrogens is 1. The third-order valence-corrected chi connectivity index (χ3v) is 6.54. The first kappa shape index (κ1) is 26.4. The Balaban J connectivity index is 0.000000204. The van der Waals surface area contributed by atoms with Crippen LogP contribution < -0.4 is 9.47 Å². The van der Waals surface area contributed by atoms with Gasteiger partial charge >= 0.3 is 5.97 Å². The normalized spacial score (nSPS) is 11.3. The second-order valence-electron chi connectivity index (χ2n) is 8.03. The Hall–Kier alpha value is -4.67. The minimum atomic E-state index is -4.13. The Morgan fingerprint density at radius 1 is 0.895 bits per heavy atom. The average molecular weight is 533 g/mol. The van der Waals surface area contributed by atoms with Crippen LogP contribution in [0.25, 0.3) is 34.0 Å². The number of nitrogens with one attached hydrogen (secondary N) is 1. The first-order valence-electron chi connectivity index (χ1n) is 11.3. The predicted molar refractivity (Wildman–Crippen MR) is 145 cm³/mol. The largest absolute Gasteiger partial charge is 0.493 e. The van der Waals surface area contributed by atoms with E-state index >= 15 is 0 Å². The summed E-state index contributed by atoms with van der Waals surface area (Å²) in [5, 5.41) is 10.5. The number of methoxy groups -OCH3 is 2. The van der Waals surface area contributed by atoms with Crippen molar-refractivity contribution in [2.24, 2.45) is 0 Å². The zero-order chi connectivity index (χ0) is 27.3. The van der Waals surface area contributed by atoms with Crippen LogP contribution in [-0.2, 0) is 10.1 Å². The number of hydrogen-bond donors (Lipinski definition) is 3. The molecule has 194 valence electrons. The van der Waals surface area contributed by atoms with Crippen molar-refractivity contribution in [3.8, 4) is 11.5 Å². The smallest absolute Gasteiger partial charge is 0.337 e. The van der Waals surface area contributed by atoms with Crippen LogP contribution in [0, 0.1) is 0 Å². The van der Waals surface area contributed by atoms with Gasteiger partial charge in [0.15, 0.2) is 11.5 Å². The Kier molecular flexibility index (Phi) is 7.75. The molecule has 0 aliphatic rings. The number of hydrogen-bond acceptors (Lipinski definition) is 6. The van der Waals surface area contributed by atoms with E-state index in [1.165, 1.54) is 12.1 Å². The molecule has 0 unspecified atom stereocenters. The van der Waals surface area contributed by atoms with Gasteiger partial charge in [-0.25, -0.2) is 9.78 Å². The maximum Gasteiger partial charge on any atom is 0.337 e. The number of para-hydroxylation sites is 1. The number of imidazole rings is 1. The van der Waals surface area contributed by atoms with Gasteiger partial charge in [-0.2, -0.15) is 8.42 Å². The van der Waals surface area contributed by atoms with Gasteiger partial charge in [0.05, 0.1) is 25.3 Å². The number of carboxylic acid groups (broad SMARTS) is 1. The Morgan fingerprint density at radius 3 is 2.32 bits per heavy atom. The molecule has 1 aromatic heterocycles. The summed E-state index contributed by atoms with van der Waals surface area (Å²) in [5.41, 5.74) is 2.21.